The Balaban J connectivity index is 4.25. The summed E-state index contributed by atoms with van der Waals surface area (Å²) in [6.45, 7) is 9.15. The molecule has 0 heterocycles. The summed E-state index contributed by atoms with van der Waals surface area (Å²) in [5.41, 5.74) is 0.432. The van der Waals surface area contributed by atoms with Crippen LogP contribution >= 0.6 is 0 Å². The zero-order chi connectivity index (χ0) is 8.69. The predicted octanol–water partition coefficient (Wildman–Crippen LogP) is 0.893. The second-order valence-corrected chi connectivity index (χ2v) is 1.83. The van der Waals surface area contributed by atoms with E-state index in [0.717, 1.165) is 0 Å². The van der Waals surface area contributed by atoms with Gasteiger partial charge in [0.1, 0.15) is 0 Å². The summed E-state index contributed by atoms with van der Waals surface area (Å²) in [6.07, 6.45) is 2.82. The van der Waals surface area contributed by atoms with Gasteiger partial charge >= 0.3 is 0 Å². The molecule has 0 spiro atoms. The summed E-state index contributed by atoms with van der Waals surface area (Å²) in [5.74, 6) is -0.171. The van der Waals surface area contributed by atoms with Crippen LogP contribution in [-0.2, 0) is 4.79 Å². The summed E-state index contributed by atoms with van der Waals surface area (Å²) in [7, 11) is 0. The Kier molecular flexibility index (Phi) is 4.73. The molecule has 0 unspecified atom stereocenters. The number of hydrogen-bond donors (Lipinski definition) is 1. The van der Waals surface area contributed by atoms with Gasteiger partial charge in [-0.25, -0.2) is 0 Å². The highest BCUT2D eigenvalue weighted by Crippen LogP contribution is 1.94. The van der Waals surface area contributed by atoms with Crippen LogP contribution in [0.5, 0.6) is 0 Å². The molecule has 0 atom stereocenters. The van der Waals surface area contributed by atoms with Gasteiger partial charge in [0.15, 0.2) is 0 Å². The Bertz CT molecular complexity index is 194. The molecule has 1 N–H and O–H groups in total. The van der Waals surface area contributed by atoms with E-state index in [4.69, 9.17) is 0 Å². The van der Waals surface area contributed by atoms with Crippen LogP contribution in [0.15, 0.2) is 29.4 Å². The van der Waals surface area contributed by atoms with Gasteiger partial charge < -0.3 is 5.32 Å². The van der Waals surface area contributed by atoms with Gasteiger partial charge in [-0.3, -0.25) is 9.79 Å². The minimum Gasteiger partial charge on any atom is -0.352 e. The molecule has 0 saturated heterocycles. The maximum absolute atomic E-state index is 11.0. The number of nitrogens with one attached hydrogen (secondary N) is 1. The van der Waals surface area contributed by atoms with Gasteiger partial charge in [0.05, 0.1) is 5.57 Å². The van der Waals surface area contributed by atoms with Crippen molar-refractivity contribution < 1.29 is 4.79 Å². The van der Waals surface area contributed by atoms with Crippen LogP contribution in [0.2, 0.25) is 0 Å². The molecule has 11 heavy (non-hydrogen) atoms. The molecule has 0 aliphatic heterocycles. The molecule has 0 aromatic carbocycles. The minimum absolute atomic E-state index is 0.171. The predicted molar refractivity (Wildman–Crippen MR) is 46.5 cm³/mol. The first-order valence-corrected chi connectivity index (χ1v) is 3.32. The van der Waals surface area contributed by atoms with Crippen molar-refractivity contribution in [3.8, 4) is 0 Å². The van der Waals surface area contributed by atoms with Crippen LogP contribution in [0, 0.1) is 0 Å². The van der Waals surface area contributed by atoms with Crippen molar-refractivity contribution in [2.45, 2.75) is 6.92 Å². The van der Waals surface area contributed by atoms with Gasteiger partial charge in [-0.15, -0.1) is 0 Å². The van der Waals surface area contributed by atoms with E-state index in [1.54, 1.807) is 0 Å². The van der Waals surface area contributed by atoms with Crippen LogP contribution in [-0.4, -0.2) is 19.2 Å². The van der Waals surface area contributed by atoms with Gasteiger partial charge in [0.2, 0.25) is 0 Å². The first kappa shape index (κ1) is 9.62. The molecule has 0 saturated carbocycles. The van der Waals surface area contributed by atoms with E-state index in [2.05, 4.69) is 23.6 Å². The average Bonchev–Trinajstić information content (AvgIpc) is 2.00. The third kappa shape index (κ3) is 3.35. The number of aliphatic imine (C=N–C) groups is 1. The summed E-state index contributed by atoms with van der Waals surface area (Å²) < 4.78 is 0. The van der Waals surface area contributed by atoms with Crippen LogP contribution in [0.25, 0.3) is 0 Å². The monoisotopic (exact) mass is 152 g/mol. The topological polar surface area (TPSA) is 41.5 Å². The minimum atomic E-state index is -0.171. The lowest BCUT2D eigenvalue weighted by atomic mass is 10.2. The molecule has 1 amide bonds. The zero-order valence-corrected chi connectivity index (χ0v) is 6.63. The van der Waals surface area contributed by atoms with Crippen molar-refractivity contribution in [1.82, 2.24) is 5.32 Å². The second kappa shape index (κ2) is 5.41. The molecular formula is C8H12N2O. The molecule has 0 aliphatic carbocycles. The van der Waals surface area contributed by atoms with Crippen LogP contribution < -0.4 is 5.32 Å². The number of hydrogen-bond acceptors (Lipinski definition) is 2. The van der Waals surface area contributed by atoms with Crippen molar-refractivity contribution in [1.29, 1.82) is 0 Å². The largest absolute Gasteiger partial charge is 0.352 e. The molecule has 0 aliphatic rings. The van der Waals surface area contributed by atoms with Crippen LogP contribution in [0.4, 0.5) is 0 Å². The van der Waals surface area contributed by atoms with Gasteiger partial charge in [0, 0.05) is 12.7 Å². The molecule has 0 bridgehead atoms. The number of carbonyl (C=O) groups is 1. The van der Waals surface area contributed by atoms with E-state index in [-0.39, 0.29) is 5.91 Å². The first-order valence-electron chi connectivity index (χ1n) is 3.32. The highest BCUT2D eigenvalue weighted by molar-refractivity contribution is 5.95. The molecule has 0 radical (unpaired) electrons. The van der Waals surface area contributed by atoms with Gasteiger partial charge in [0.25, 0.3) is 5.91 Å². The quantitative estimate of drug-likeness (QED) is 0.363. The fourth-order valence-corrected chi connectivity index (χ4v) is 0.565. The van der Waals surface area contributed by atoms with Gasteiger partial charge in [-0.1, -0.05) is 12.7 Å². The Labute approximate surface area is 66.5 Å². The summed E-state index contributed by atoms with van der Waals surface area (Å²) in [6, 6.07) is 0. The fourth-order valence-electron chi connectivity index (χ4n) is 0.565. The fraction of sp³-hybridized carbons (Fsp3) is 0.250. The van der Waals surface area contributed by atoms with Gasteiger partial charge in [-0.05, 0) is 13.6 Å². The number of amides is 1. The van der Waals surface area contributed by atoms with E-state index in [1.165, 1.54) is 12.3 Å². The second-order valence-electron chi connectivity index (χ2n) is 1.83. The Hall–Kier alpha value is -1.38. The van der Waals surface area contributed by atoms with E-state index in [9.17, 15) is 4.79 Å². The van der Waals surface area contributed by atoms with Crippen molar-refractivity contribution in [2.24, 2.45) is 4.99 Å². The lowest BCUT2D eigenvalue weighted by Crippen LogP contribution is -2.23. The highest BCUT2D eigenvalue weighted by Gasteiger charge is 2.01. The van der Waals surface area contributed by atoms with E-state index in [0.29, 0.717) is 12.1 Å². The molecule has 3 nitrogen and oxygen atoms in total. The van der Waals surface area contributed by atoms with E-state index >= 15 is 0 Å². The molecule has 0 rings (SSSR count). The zero-order valence-electron chi connectivity index (χ0n) is 6.63. The summed E-state index contributed by atoms with van der Waals surface area (Å²) >= 11 is 0. The molecule has 0 fully saturated rings. The van der Waals surface area contributed by atoms with Crippen LogP contribution in [0.3, 0.4) is 0 Å². The first-order chi connectivity index (χ1) is 5.26. The number of likely N-dealkylation sites (N-methyl/N-ethyl adjacent to an activating group) is 1. The van der Waals surface area contributed by atoms with E-state index < -0.39 is 0 Å². The van der Waals surface area contributed by atoms with Crippen molar-refractivity contribution in [2.75, 3.05) is 6.54 Å². The maximum Gasteiger partial charge on any atom is 0.252 e. The lowest BCUT2D eigenvalue weighted by molar-refractivity contribution is -0.117. The Morgan fingerprint density at radius 1 is 1.73 bits per heavy atom. The maximum atomic E-state index is 11.0. The Morgan fingerprint density at radius 2 is 2.36 bits per heavy atom. The van der Waals surface area contributed by atoms with E-state index in [1.807, 2.05) is 6.92 Å². The van der Waals surface area contributed by atoms with Crippen LogP contribution in [0.1, 0.15) is 6.92 Å². The number of rotatable bonds is 4. The average molecular weight is 152 g/mol. The molecular weight excluding hydrogens is 140 g/mol. The van der Waals surface area contributed by atoms with Crippen molar-refractivity contribution in [3.05, 3.63) is 24.4 Å². The standard InChI is InChI=1S/C8H12N2O/c1-4-7(6-9-3)8(11)10-5-2/h4,6H,1,3,5H2,2H3,(H,10,11)/b7-6+. The highest BCUT2D eigenvalue weighted by atomic mass is 16.1. The number of nitrogens with zero attached hydrogens (tertiary/aromatic N) is 1. The van der Waals surface area contributed by atoms with Gasteiger partial charge in [-0.2, -0.15) is 0 Å². The lowest BCUT2D eigenvalue weighted by Gasteiger charge is -1.99. The normalized spacial score (nSPS) is 10.5. The molecule has 0 aromatic heterocycles. The third-order valence-electron chi connectivity index (χ3n) is 1.05. The third-order valence-corrected chi connectivity index (χ3v) is 1.05. The summed E-state index contributed by atoms with van der Waals surface area (Å²) in [5, 5.41) is 2.62. The Morgan fingerprint density at radius 3 is 2.73 bits per heavy atom. The van der Waals surface area contributed by atoms with Crippen molar-refractivity contribution in [3.63, 3.8) is 0 Å². The summed E-state index contributed by atoms with van der Waals surface area (Å²) in [4.78, 5) is 14.5. The molecule has 3 heteroatoms. The molecule has 0 aromatic rings. The SMILES string of the molecule is C=C/C(=C\N=C)C(=O)NCC. The van der Waals surface area contributed by atoms with Crippen molar-refractivity contribution >= 4 is 12.6 Å². The molecule has 60 valence electrons. The smallest absolute Gasteiger partial charge is 0.252 e. The number of carbonyl (C=O) groups excluding carboxylic acids is 1.